The minimum atomic E-state index is -3.92. The van der Waals surface area contributed by atoms with Gasteiger partial charge >= 0.3 is 0 Å². The summed E-state index contributed by atoms with van der Waals surface area (Å²) in [6.07, 6.45) is -0.994. The van der Waals surface area contributed by atoms with E-state index in [4.69, 9.17) is 10.5 Å². The molecule has 1 aliphatic rings. The summed E-state index contributed by atoms with van der Waals surface area (Å²) >= 11 is 6.09. The quantitative estimate of drug-likeness (QED) is 0.757. The molecule has 10 heteroatoms. The van der Waals surface area contributed by atoms with Crippen molar-refractivity contribution < 1.29 is 22.3 Å². The van der Waals surface area contributed by atoms with E-state index in [1.807, 2.05) is 0 Å². The van der Waals surface area contributed by atoms with E-state index in [0.717, 1.165) is 16.4 Å². The van der Waals surface area contributed by atoms with Crippen LogP contribution < -0.4 is 5.73 Å². The molecule has 1 aromatic carbocycles. The molecular formula is C11H11Br2FN2O4S. The van der Waals surface area contributed by atoms with Crippen molar-refractivity contribution in [1.82, 2.24) is 4.31 Å². The molecule has 1 atom stereocenters. The van der Waals surface area contributed by atoms with Crippen LogP contribution in [-0.4, -0.2) is 44.4 Å². The molecule has 0 spiro atoms. The van der Waals surface area contributed by atoms with Crippen LogP contribution in [0.2, 0.25) is 0 Å². The van der Waals surface area contributed by atoms with Crippen molar-refractivity contribution in [3.8, 4) is 0 Å². The molecule has 21 heavy (non-hydrogen) atoms. The summed E-state index contributed by atoms with van der Waals surface area (Å²) in [4.78, 5) is 11.0. The van der Waals surface area contributed by atoms with Crippen molar-refractivity contribution in [2.24, 2.45) is 5.73 Å². The zero-order chi connectivity index (χ0) is 15.8. The average molecular weight is 446 g/mol. The Hall–Kier alpha value is -0.550. The molecule has 0 aromatic heterocycles. The Morgan fingerprint density at radius 2 is 1.95 bits per heavy atom. The fourth-order valence-electron chi connectivity index (χ4n) is 1.92. The largest absolute Gasteiger partial charge is 0.367 e. The molecule has 1 aliphatic heterocycles. The highest BCUT2D eigenvalue weighted by atomic mass is 79.9. The number of hydrogen-bond donors (Lipinski definition) is 1. The van der Waals surface area contributed by atoms with Crippen LogP contribution in [-0.2, 0) is 19.6 Å². The van der Waals surface area contributed by atoms with Gasteiger partial charge in [-0.2, -0.15) is 4.31 Å². The van der Waals surface area contributed by atoms with Crippen LogP contribution in [0.4, 0.5) is 4.39 Å². The Morgan fingerprint density at radius 1 is 1.38 bits per heavy atom. The van der Waals surface area contributed by atoms with Crippen molar-refractivity contribution in [3.63, 3.8) is 0 Å². The van der Waals surface area contributed by atoms with E-state index in [9.17, 15) is 17.6 Å². The van der Waals surface area contributed by atoms with Crippen molar-refractivity contribution >= 4 is 47.8 Å². The lowest BCUT2D eigenvalue weighted by Gasteiger charge is -2.31. The van der Waals surface area contributed by atoms with Crippen molar-refractivity contribution in [2.45, 2.75) is 11.0 Å². The standard InChI is InChI=1S/C11H11Br2FN2O4S/c12-7-3-6(14)4-8(13)10(7)21(18,19)16-1-2-20-9(5-16)11(15)17/h3-4,9H,1-2,5H2,(H2,15,17). The zero-order valence-corrected chi connectivity index (χ0v) is 14.5. The number of sulfonamides is 1. The number of nitrogens with two attached hydrogens (primary N) is 1. The molecule has 0 saturated carbocycles. The van der Waals surface area contributed by atoms with Crippen LogP contribution in [0.25, 0.3) is 0 Å². The molecule has 1 aromatic rings. The number of amides is 1. The smallest absolute Gasteiger partial charge is 0.247 e. The van der Waals surface area contributed by atoms with E-state index in [-0.39, 0.29) is 33.5 Å². The summed E-state index contributed by atoms with van der Waals surface area (Å²) in [6.45, 7) is -0.0282. The molecule has 1 unspecified atom stereocenters. The summed E-state index contributed by atoms with van der Waals surface area (Å²) in [5.41, 5.74) is 5.14. The summed E-state index contributed by atoms with van der Waals surface area (Å²) in [5.74, 6) is -1.31. The van der Waals surface area contributed by atoms with Gasteiger partial charge in [-0.1, -0.05) is 0 Å². The second kappa shape index (κ2) is 6.29. The molecule has 1 amide bonds. The van der Waals surface area contributed by atoms with Crippen LogP contribution >= 0.6 is 31.9 Å². The van der Waals surface area contributed by atoms with Gasteiger partial charge in [-0.3, -0.25) is 4.79 Å². The van der Waals surface area contributed by atoms with Gasteiger partial charge in [0.1, 0.15) is 16.8 Å². The average Bonchev–Trinajstić information content (AvgIpc) is 2.37. The third-order valence-electron chi connectivity index (χ3n) is 2.91. The Bertz CT molecular complexity index is 660. The monoisotopic (exact) mass is 444 g/mol. The maximum Gasteiger partial charge on any atom is 0.247 e. The van der Waals surface area contributed by atoms with Gasteiger partial charge in [0, 0.05) is 22.0 Å². The van der Waals surface area contributed by atoms with Crippen molar-refractivity contribution in [3.05, 3.63) is 26.9 Å². The first-order valence-corrected chi connectivity index (χ1v) is 8.81. The van der Waals surface area contributed by atoms with Gasteiger partial charge in [-0.05, 0) is 44.0 Å². The van der Waals surface area contributed by atoms with E-state index in [2.05, 4.69) is 31.9 Å². The maximum atomic E-state index is 13.3. The summed E-state index contributed by atoms with van der Waals surface area (Å²) in [5, 5.41) is 0. The lowest BCUT2D eigenvalue weighted by Crippen LogP contribution is -2.50. The highest BCUT2D eigenvalue weighted by Gasteiger charge is 2.35. The van der Waals surface area contributed by atoms with Gasteiger partial charge < -0.3 is 10.5 Å². The first-order valence-electron chi connectivity index (χ1n) is 5.79. The summed E-state index contributed by atoms with van der Waals surface area (Å²) < 4.78 is 44.9. The number of benzene rings is 1. The van der Waals surface area contributed by atoms with Crippen LogP contribution in [0.1, 0.15) is 0 Å². The van der Waals surface area contributed by atoms with Crippen LogP contribution in [0.15, 0.2) is 26.0 Å². The summed E-state index contributed by atoms with van der Waals surface area (Å²) in [7, 11) is -3.92. The van der Waals surface area contributed by atoms with Crippen LogP contribution in [0.3, 0.4) is 0 Å². The predicted molar refractivity (Wildman–Crippen MR) is 79.5 cm³/mol. The second-order valence-electron chi connectivity index (χ2n) is 4.32. The van der Waals surface area contributed by atoms with Gasteiger partial charge in [-0.25, -0.2) is 12.8 Å². The highest BCUT2D eigenvalue weighted by Crippen LogP contribution is 2.33. The highest BCUT2D eigenvalue weighted by molar-refractivity contribution is 9.11. The normalized spacial score (nSPS) is 20.4. The molecule has 2 rings (SSSR count). The Kier molecular flexibility index (Phi) is 5.03. The molecular weight excluding hydrogens is 435 g/mol. The van der Waals surface area contributed by atoms with Gasteiger partial charge in [0.2, 0.25) is 15.9 Å². The molecule has 0 bridgehead atoms. The number of hydrogen-bond acceptors (Lipinski definition) is 4. The zero-order valence-electron chi connectivity index (χ0n) is 10.6. The van der Waals surface area contributed by atoms with Crippen molar-refractivity contribution in [2.75, 3.05) is 19.7 Å². The molecule has 1 saturated heterocycles. The first kappa shape index (κ1) is 16.8. The molecule has 2 N–H and O–H groups in total. The lowest BCUT2D eigenvalue weighted by molar-refractivity contribution is -0.132. The fourth-order valence-corrected chi connectivity index (χ4v) is 5.79. The van der Waals surface area contributed by atoms with Crippen LogP contribution in [0.5, 0.6) is 0 Å². The number of carbonyl (C=O) groups is 1. The van der Waals surface area contributed by atoms with E-state index in [0.29, 0.717) is 0 Å². The fraction of sp³-hybridized carbons (Fsp3) is 0.364. The Morgan fingerprint density at radius 3 is 2.48 bits per heavy atom. The first-order chi connectivity index (χ1) is 9.73. The number of nitrogens with zero attached hydrogens (tertiary/aromatic N) is 1. The SMILES string of the molecule is NC(=O)C1CN(S(=O)(=O)c2c(Br)cc(F)cc2Br)CCO1. The number of ether oxygens (including phenoxy) is 1. The third kappa shape index (κ3) is 3.45. The molecule has 6 nitrogen and oxygen atoms in total. The number of halogens is 3. The minimum Gasteiger partial charge on any atom is -0.367 e. The number of primary amides is 1. The van der Waals surface area contributed by atoms with E-state index in [1.165, 1.54) is 0 Å². The Balaban J connectivity index is 2.41. The third-order valence-corrected chi connectivity index (χ3v) is 6.65. The number of carbonyl (C=O) groups excluding carboxylic acids is 1. The molecule has 1 fully saturated rings. The van der Waals surface area contributed by atoms with Gasteiger partial charge in [-0.15, -0.1) is 0 Å². The minimum absolute atomic E-state index is 0.0588. The maximum absolute atomic E-state index is 13.3. The van der Waals surface area contributed by atoms with E-state index < -0.39 is 27.9 Å². The number of rotatable bonds is 3. The van der Waals surface area contributed by atoms with Crippen LogP contribution in [0, 0.1) is 5.82 Å². The van der Waals surface area contributed by atoms with E-state index in [1.54, 1.807) is 0 Å². The topological polar surface area (TPSA) is 89.7 Å². The van der Waals surface area contributed by atoms with Gasteiger partial charge in [0.05, 0.1) is 6.61 Å². The Labute approximate surface area is 137 Å². The molecule has 0 radical (unpaired) electrons. The lowest BCUT2D eigenvalue weighted by atomic mass is 10.3. The predicted octanol–water partition coefficient (Wildman–Crippen LogP) is 1.23. The molecule has 1 heterocycles. The van der Waals surface area contributed by atoms with Crippen molar-refractivity contribution in [1.29, 1.82) is 0 Å². The molecule has 0 aliphatic carbocycles. The van der Waals surface area contributed by atoms with E-state index >= 15 is 0 Å². The van der Waals surface area contributed by atoms with Gasteiger partial charge in [0.15, 0.2) is 0 Å². The summed E-state index contributed by atoms with van der Waals surface area (Å²) in [6, 6.07) is 2.12. The number of morpholine rings is 1. The van der Waals surface area contributed by atoms with Gasteiger partial charge in [0.25, 0.3) is 0 Å². The second-order valence-corrected chi connectivity index (χ2v) is 7.91. The molecule has 116 valence electrons.